The first kappa shape index (κ1) is 20.9. The number of carbonyl (C=O) groups is 1. The maximum atomic E-state index is 12.2. The molecule has 0 heterocycles. The molecule has 0 bridgehead atoms. The Bertz CT molecular complexity index is 817. The Labute approximate surface area is 167 Å². The highest BCUT2D eigenvalue weighted by molar-refractivity contribution is 7.98. The van der Waals surface area contributed by atoms with Crippen molar-refractivity contribution in [2.24, 2.45) is 5.10 Å². The van der Waals surface area contributed by atoms with E-state index in [2.05, 4.69) is 10.5 Å². The van der Waals surface area contributed by atoms with Crippen LogP contribution in [0, 0.1) is 0 Å². The number of amides is 1. The summed E-state index contributed by atoms with van der Waals surface area (Å²) in [6, 6.07) is 8.96. The molecule has 0 spiro atoms. The Morgan fingerprint density at radius 3 is 2.37 bits per heavy atom. The third-order valence-corrected chi connectivity index (χ3v) is 4.76. The molecule has 0 aliphatic heterocycles. The van der Waals surface area contributed by atoms with Gasteiger partial charge in [0, 0.05) is 15.5 Å². The van der Waals surface area contributed by atoms with E-state index in [0.717, 1.165) is 10.5 Å². The zero-order valence-electron chi connectivity index (χ0n) is 15.5. The van der Waals surface area contributed by atoms with Crippen molar-refractivity contribution in [3.05, 3.63) is 46.5 Å². The fourth-order valence-electron chi connectivity index (χ4n) is 2.45. The average molecular weight is 409 g/mol. The quantitative estimate of drug-likeness (QED) is 0.409. The summed E-state index contributed by atoms with van der Waals surface area (Å²) in [5.74, 6) is 1.27. The van der Waals surface area contributed by atoms with Crippen LogP contribution in [0.5, 0.6) is 17.2 Å². The van der Waals surface area contributed by atoms with E-state index in [1.54, 1.807) is 36.0 Å². The van der Waals surface area contributed by atoms with E-state index in [1.165, 1.54) is 27.5 Å². The van der Waals surface area contributed by atoms with Gasteiger partial charge in [-0.05, 0) is 42.2 Å². The summed E-state index contributed by atoms with van der Waals surface area (Å²) in [5, 5.41) is 4.60. The molecule has 0 radical (unpaired) electrons. The van der Waals surface area contributed by atoms with Crippen LogP contribution in [0.25, 0.3) is 0 Å². The molecule has 0 unspecified atom stereocenters. The highest BCUT2D eigenvalue weighted by Gasteiger charge is 2.12. The van der Waals surface area contributed by atoms with Gasteiger partial charge in [0.15, 0.2) is 11.5 Å². The van der Waals surface area contributed by atoms with Gasteiger partial charge in [-0.2, -0.15) is 5.10 Å². The summed E-state index contributed by atoms with van der Waals surface area (Å²) >= 11 is 7.58. The SMILES string of the molecule is COc1cc(/C=N\NC(=O)Cc2cc(Cl)ccc2SC)cc(OC)c1OC. The van der Waals surface area contributed by atoms with E-state index >= 15 is 0 Å². The van der Waals surface area contributed by atoms with Crippen molar-refractivity contribution >= 4 is 35.5 Å². The molecule has 0 aromatic heterocycles. The van der Waals surface area contributed by atoms with E-state index in [4.69, 9.17) is 25.8 Å². The topological polar surface area (TPSA) is 69.2 Å². The summed E-state index contributed by atoms with van der Waals surface area (Å²) in [6.45, 7) is 0. The molecule has 0 fully saturated rings. The van der Waals surface area contributed by atoms with Gasteiger partial charge in [0.1, 0.15) is 0 Å². The van der Waals surface area contributed by atoms with Crippen LogP contribution in [0.15, 0.2) is 40.3 Å². The summed E-state index contributed by atoms with van der Waals surface area (Å²) < 4.78 is 15.9. The summed E-state index contributed by atoms with van der Waals surface area (Å²) in [4.78, 5) is 13.2. The van der Waals surface area contributed by atoms with Crippen molar-refractivity contribution in [1.82, 2.24) is 5.43 Å². The van der Waals surface area contributed by atoms with Crippen LogP contribution < -0.4 is 19.6 Å². The van der Waals surface area contributed by atoms with Crippen LogP contribution in [-0.2, 0) is 11.2 Å². The first-order valence-electron chi connectivity index (χ1n) is 7.96. The molecule has 0 atom stereocenters. The maximum Gasteiger partial charge on any atom is 0.244 e. The minimum atomic E-state index is -0.240. The summed E-state index contributed by atoms with van der Waals surface area (Å²) in [6.07, 6.45) is 3.65. The van der Waals surface area contributed by atoms with E-state index in [9.17, 15) is 4.79 Å². The molecule has 2 aromatic carbocycles. The van der Waals surface area contributed by atoms with E-state index < -0.39 is 0 Å². The lowest BCUT2D eigenvalue weighted by molar-refractivity contribution is -0.120. The number of thioether (sulfide) groups is 1. The van der Waals surface area contributed by atoms with Crippen molar-refractivity contribution in [3.63, 3.8) is 0 Å². The van der Waals surface area contributed by atoms with Crippen LogP contribution in [-0.4, -0.2) is 39.7 Å². The molecule has 0 aliphatic rings. The van der Waals surface area contributed by atoms with Crippen LogP contribution in [0.3, 0.4) is 0 Å². The summed E-state index contributed by atoms with van der Waals surface area (Å²) in [5.41, 5.74) is 4.07. The third kappa shape index (κ3) is 5.55. The number of hydrazone groups is 1. The zero-order valence-corrected chi connectivity index (χ0v) is 17.1. The van der Waals surface area contributed by atoms with Crippen molar-refractivity contribution < 1.29 is 19.0 Å². The molecule has 144 valence electrons. The largest absolute Gasteiger partial charge is 0.493 e. The van der Waals surface area contributed by atoms with Crippen LogP contribution in [0.4, 0.5) is 0 Å². The molecule has 0 saturated heterocycles. The van der Waals surface area contributed by atoms with Crippen LogP contribution in [0.1, 0.15) is 11.1 Å². The number of ether oxygens (including phenoxy) is 3. The molecule has 27 heavy (non-hydrogen) atoms. The number of hydrogen-bond acceptors (Lipinski definition) is 6. The fourth-order valence-corrected chi connectivity index (χ4v) is 3.24. The molecule has 1 amide bonds. The molecule has 2 rings (SSSR count). The first-order valence-corrected chi connectivity index (χ1v) is 9.57. The Morgan fingerprint density at radius 1 is 1.15 bits per heavy atom. The molecule has 2 aromatic rings. The molecule has 0 saturated carbocycles. The monoisotopic (exact) mass is 408 g/mol. The lowest BCUT2D eigenvalue weighted by atomic mass is 10.1. The molecule has 6 nitrogen and oxygen atoms in total. The van der Waals surface area contributed by atoms with Crippen molar-refractivity contribution in [2.75, 3.05) is 27.6 Å². The normalized spacial score (nSPS) is 10.7. The van der Waals surface area contributed by atoms with Gasteiger partial charge in [0.05, 0.1) is 34.0 Å². The molecular weight excluding hydrogens is 388 g/mol. The minimum absolute atomic E-state index is 0.184. The van der Waals surface area contributed by atoms with Gasteiger partial charge in [-0.3, -0.25) is 4.79 Å². The number of halogens is 1. The second-order valence-electron chi connectivity index (χ2n) is 5.38. The predicted molar refractivity (Wildman–Crippen MR) is 109 cm³/mol. The number of methoxy groups -OCH3 is 3. The van der Waals surface area contributed by atoms with Crippen molar-refractivity contribution in [1.29, 1.82) is 0 Å². The average Bonchev–Trinajstić information content (AvgIpc) is 2.67. The van der Waals surface area contributed by atoms with Gasteiger partial charge in [-0.15, -0.1) is 11.8 Å². The minimum Gasteiger partial charge on any atom is -0.493 e. The lowest BCUT2D eigenvalue weighted by Crippen LogP contribution is -2.20. The Morgan fingerprint density at radius 2 is 1.81 bits per heavy atom. The number of carbonyl (C=O) groups excluding carboxylic acids is 1. The fraction of sp³-hybridized carbons (Fsp3) is 0.263. The van der Waals surface area contributed by atoms with Gasteiger partial charge in [-0.1, -0.05) is 11.6 Å². The molecule has 8 heteroatoms. The van der Waals surface area contributed by atoms with Gasteiger partial charge < -0.3 is 14.2 Å². The third-order valence-electron chi connectivity index (χ3n) is 3.68. The second kappa shape index (κ2) is 10.1. The second-order valence-corrected chi connectivity index (χ2v) is 6.67. The molecular formula is C19H21ClN2O4S. The maximum absolute atomic E-state index is 12.2. The zero-order chi connectivity index (χ0) is 19.8. The molecule has 0 aliphatic carbocycles. The van der Waals surface area contributed by atoms with E-state index in [1.807, 2.05) is 12.3 Å². The Balaban J connectivity index is 2.09. The highest BCUT2D eigenvalue weighted by Crippen LogP contribution is 2.37. The number of hydrogen-bond donors (Lipinski definition) is 1. The van der Waals surface area contributed by atoms with Crippen molar-refractivity contribution in [2.45, 2.75) is 11.3 Å². The van der Waals surface area contributed by atoms with E-state index in [0.29, 0.717) is 27.8 Å². The van der Waals surface area contributed by atoms with Crippen LogP contribution >= 0.6 is 23.4 Å². The smallest absolute Gasteiger partial charge is 0.244 e. The van der Waals surface area contributed by atoms with Gasteiger partial charge >= 0.3 is 0 Å². The summed E-state index contributed by atoms with van der Waals surface area (Å²) in [7, 11) is 4.61. The Kier molecular flexibility index (Phi) is 7.82. The number of benzene rings is 2. The Hall–Kier alpha value is -2.38. The van der Waals surface area contributed by atoms with Gasteiger partial charge in [0.25, 0.3) is 0 Å². The number of nitrogens with zero attached hydrogens (tertiary/aromatic N) is 1. The highest BCUT2D eigenvalue weighted by atomic mass is 35.5. The molecule has 1 N–H and O–H groups in total. The van der Waals surface area contributed by atoms with Crippen LogP contribution in [0.2, 0.25) is 5.02 Å². The predicted octanol–water partition coefficient (Wildman–Crippen LogP) is 3.78. The van der Waals surface area contributed by atoms with Gasteiger partial charge in [-0.25, -0.2) is 5.43 Å². The number of nitrogens with one attached hydrogen (secondary N) is 1. The standard InChI is InChI=1S/C19H21ClN2O4S/c1-24-15-7-12(8-16(25-2)19(15)26-3)11-21-22-18(23)10-13-9-14(20)5-6-17(13)27-4/h5-9,11H,10H2,1-4H3,(H,22,23)/b21-11-. The van der Waals surface area contributed by atoms with Crippen molar-refractivity contribution in [3.8, 4) is 17.2 Å². The van der Waals surface area contributed by atoms with E-state index in [-0.39, 0.29) is 12.3 Å². The lowest BCUT2D eigenvalue weighted by Gasteiger charge is -2.12. The van der Waals surface area contributed by atoms with Gasteiger partial charge in [0.2, 0.25) is 11.7 Å². The first-order chi connectivity index (χ1) is 13.0. The number of rotatable bonds is 8.